The van der Waals surface area contributed by atoms with Crippen molar-refractivity contribution in [3.05, 3.63) is 12.2 Å². The first-order valence-corrected chi connectivity index (χ1v) is 8.18. The van der Waals surface area contributed by atoms with Crippen molar-refractivity contribution in [1.82, 2.24) is 0 Å². The summed E-state index contributed by atoms with van der Waals surface area (Å²) in [7, 11) is 0. The predicted octanol–water partition coefficient (Wildman–Crippen LogP) is 3.26. The van der Waals surface area contributed by atoms with Crippen LogP contribution in [-0.4, -0.2) is 25.2 Å². The Balaban J connectivity index is 2.07. The maximum atomic E-state index is 12.5. The minimum Gasteiger partial charge on any atom is -0.465 e. The number of fused-ring (bicyclic) bond motifs is 2. The summed E-state index contributed by atoms with van der Waals surface area (Å²) in [6, 6.07) is 0. The van der Waals surface area contributed by atoms with E-state index in [-0.39, 0.29) is 17.9 Å². The monoisotopic (exact) mass is 294 g/mol. The Labute approximate surface area is 126 Å². The van der Waals surface area contributed by atoms with E-state index in [1.165, 1.54) is 0 Å². The lowest BCUT2D eigenvalue weighted by atomic mass is 9.75. The number of allylic oxidation sites excluding steroid dienone is 2. The summed E-state index contributed by atoms with van der Waals surface area (Å²) < 4.78 is 10.8. The number of rotatable bonds is 8. The van der Waals surface area contributed by atoms with Crippen LogP contribution in [0.4, 0.5) is 0 Å². The summed E-state index contributed by atoms with van der Waals surface area (Å²) in [5, 5.41) is 0. The van der Waals surface area contributed by atoms with Crippen LogP contribution in [0.15, 0.2) is 12.2 Å². The molecule has 21 heavy (non-hydrogen) atoms. The highest BCUT2D eigenvalue weighted by Gasteiger charge is 2.60. The smallest absolute Gasteiger partial charge is 0.324 e. The third kappa shape index (κ3) is 3.14. The van der Waals surface area contributed by atoms with Crippen LogP contribution in [0.1, 0.15) is 52.4 Å². The molecule has 0 spiro atoms. The zero-order valence-electron chi connectivity index (χ0n) is 13.1. The molecular formula is C17H26O4. The van der Waals surface area contributed by atoms with Gasteiger partial charge in [-0.3, -0.25) is 9.59 Å². The quantitative estimate of drug-likeness (QED) is 0.298. The van der Waals surface area contributed by atoms with Crippen LogP contribution in [-0.2, 0) is 19.1 Å². The molecule has 0 aliphatic heterocycles. The summed E-state index contributed by atoms with van der Waals surface area (Å²) >= 11 is 0. The Bertz CT molecular complexity index is 391. The molecule has 0 aromatic heterocycles. The van der Waals surface area contributed by atoms with Gasteiger partial charge in [0.25, 0.3) is 0 Å². The topological polar surface area (TPSA) is 52.6 Å². The molecule has 1 saturated carbocycles. The molecule has 2 aliphatic carbocycles. The second kappa shape index (κ2) is 7.10. The molecule has 2 aliphatic rings. The second-order valence-corrected chi connectivity index (χ2v) is 6.14. The number of ether oxygens (including phenoxy) is 2. The lowest BCUT2D eigenvalue weighted by Gasteiger charge is -2.30. The third-order valence-corrected chi connectivity index (χ3v) is 4.58. The van der Waals surface area contributed by atoms with E-state index in [9.17, 15) is 9.59 Å². The maximum absolute atomic E-state index is 12.5. The standard InChI is InChI=1S/C17H26O4/c1-3-5-9-20-15(18)17(16(19)21-10-6-4-2)12-13-7-8-14(17)11-13/h7-8,13-14H,3-6,9-12H2,1-2H3. The van der Waals surface area contributed by atoms with Crippen LogP contribution in [0.3, 0.4) is 0 Å². The van der Waals surface area contributed by atoms with Crippen molar-refractivity contribution in [2.75, 3.05) is 13.2 Å². The van der Waals surface area contributed by atoms with Crippen molar-refractivity contribution in [1.29, 1.82) is 0 Å². The zero-order chi connectivity index (χ0) is 15.3. The highest BCUT2D eigenvalue weighted by atomic mass is 16.6. The van der Waals surface area contributed by atoms with E-state index < -0.39 is 5.41 Å². The maximum Gasteiger partial charge on any atom is 0.324 e. The van der Waals surface area contributed by atoms with E-state index in [0.717, 1.165) is 32.1 Å². The summed E-state index contributed by atoms with van der Waals surface area (Å²) in [5.41, 5.74) is -1.08. The summed E-state index contributed by atoms with van der Waals surface area (Å²) in [4.78, 5) is 25.1. The lowest BCUT2D eigenvalue weighted by Crippen LogP contribution is -2.45. The van der Waals surface area contributed by atoms with Gasteiger partial charge in [0.15, 0.2) is 5.41 Å². The molecule has 4 nitrogen and oxygen atoms in total. The SMILES string of the molecule is CCCCOC(=O)C1(C(=O)OCCCC)CC2C=CC1C2. The molecule has 0 N–H and O–H groups in total. The van der Waals surface area contributed by atoms with Gasteiger partial charge < -0.3 is 9.47 Å². The molecule has 2 bridgehead atoms. The van der Waals surface area contributed by atoms with Gasteiger partial charge in [0.2, 0.25) is 0 Å². The average Bonchev–Trinajstić information content (AvgIpc) is 3.08. The molecule has 0 heterocycles. The van der Waals surface area contributed by atoms with E-state index in [1.807, 2.05) is 19.9 Å². The van der Waals surface area contributed by atoms with Crippen LogP contribution in [0.25, 0.3) is 0 Å². The van der Waals surface area contributed by atoms with E-state index in [4.69, 9.17) is 9.47 Å². The molecule has 2 atom stereocenters. The first-order valence-electron chi connectivity index (χ1n) is 8.18. The molecule has 0 amide bonds. The van der Waals surface area contributed by atoms with Gasteiger partial charge in [0, 0.05) is 5.92 Å². The summed E-state index contributed by atoms with van der Waals surface area (Å²) in [5.74, 6) is -0.498. The van der Waals surface area contributed by atoms with Crippen LogP contribution in [0, 0.1) is 17.3 Å². The Morgan fingerprint density at radius 1 is 1.05 bits per heavy atom. The van der Waals surface area contributed by atoms with Crippen molar-refractivity contribution >= 4 is 11.9 Å². The fourth-order valence-corrected chi connectivity index (χ4v) is 3.29. The second-order valence-electron chi connectivity index (χ2n) is 6.14. The number of carbonyl (C=O) groups excluding carboxylic acids is 2. The normalized spacial score (nSPS) is 25.0. The predicted molar refractivity (Wildman–Crippen MR) is 79.5 cm³/mol. The largest absolute Gasteiger partial charge is 0.465 e. The molecule has 0 aromatic rings. The number of carbonyl (C=O) groups is 2. The van der Waals surface area contributed by atoms with Crippen LogP contribution >= 0.6 is 0 Å². The van der Waals surface area contributed by atoms with Gasteiger partial charge >= 0.3 is 11.9 Å². The third-order valence-electron chi connectivity index (χ3n) is 4.58. The Morgan fingerprint density at radius 2 is 1.62 bits per heavy atom. The number of hydrogen-bond acceptors (Lipinski definition) is 4. The number of esters is 2. The van der Waals surface area contributed by atoms with Gasteiger partial charge in [-0.05, 0) is 31.6 Å². The van der Waals surface area contributed by atoms with Gasteiger partial charge in [-0.25, -0.2) is 0 Å². The summed E-state index contributed by atoms with van der Waals surface area (Å²) in [6.45, 7) is 4.87. The van der Waals surface area contributed by atoms with Crippen molar-refractivity contribution in [2.45, 2.75) is 52.4 Å². The van der Waals surface area contributed by atoms with Crippen LogP contribution < -0.4 is 0 Å². The highest BCUT2D eigenvalue weighted by Crippen LogP contribution is 2.53. The van der Waals surface area contributed by atoms with E-state index in [2.05, 4.69) is 6.08 Å². The summed E-state index contributed by atoms with van der Waals surface area (Å²) in [6.07, 6.45) is 9.11. The number of hydrogen-bond donors (Lipinski definition) is 0. The van der Waals surface area contributed by atoms with Crippen LogP contribution in [0.5, 0.6) is 0 Å². The lowest BCUT2D eigenvalue weighted by molar-refractivity contribution is -0.175. The Morgan fingerprint density at radius 3 is 2.00 bits per heavy atom. The molecule has 0 radical (unpaired) electrons. The average molecular weight is 294 g/mol. The van der Waals surface area contributed by atoms with Gasteiger partial charge in [-0.15, -0.1) is 0 Å². The molecule has 1 fully saturated rings. The fraction of sp³-hybridized carbons (Fsp3) is 0.765. The minimum atomic E-state index is -1.08. The van der Waals surface area contributed by atoms with Crippen molar-refractivity contribution in [3.63, 3.8) is 0 Å². The Hall–Kier alpha value is -1.32. The molecule has 118 valence electrons. The van der Waals surface area contributed by atoms with Gasteiger partial charge in [0.05, 0.1) is 13.2 Å². The zero-order valence-corrected chi connectivity index (χ0v) is 13.1. The molecular weight excluding hydrogens is 268 g/mol. The van der Waals surface area contributed by atoms with Crippen LogP contribution in [0.2, 0.25) is 0 Å². The van der Waals surface area contributed by atoms with Gasteiger partial charge in [-0.2, -0.15) is 0 Å². The van der Waals surface area contributed by atoms with Crippen molar-refractivity contribution < 1.29 is 19.1 Å². The van der Waals surface area contributed by atoms with Gasteiger partial charge in [-0.1, -0.05) is 38.8 Å². The van der Waals surface area contributed by atoms with Crippen molar-refractivity contribution in [2.24, 2.45) is 17.3 Å². The van der Waals surface area contributed by atoms with Gasteiger partial charge in [0.1, 0.15) is 0 Å². The van der Waals surface area contributed by atoms with E-state index >= 15 is 0 Å². The highest BCUT2D eigenvalue weighted by molar-refractivity contribution is 6.01. The molecule has 2 rings (SSSR count). The minimum absolute atomic E-state index is 0.0502. The molecule has 4 heteroatoms. The van der Waals surface area contributed by atoms with Crippen molar-refractivity contribution in [3.8, 4) is 0 Å². The first kappa shape index (κ1) is 16.1. The molecule has 2 unspecified atom stereocenters. The molecule has 0 aromatic carbocycles. The Kier molecular flexibility index (Phi) is 5.43. The number of unbranched alkanes of at least 4 members (excludes halogenated alkanes) is 2. The van der Waals surface area contributed by atoms with E-state index in [1.54, 1.807) is 0 Å². The first-order chi connectivity index (χ1) is 10.1. The van der Waals surface area contributed by atoms with E-state index in [0.29, 0.717) is 25.6 Å². The fourth-order valence-electron chi connectivity index (χ4n) is 3.29. The molecule has 0 saturated heterocycles.